The second-order valence-corrected chi connectivity index (χ2v) is 2.29. The minimum Gasteiger partial charge on any atom is -0.302 e. The Hall–Kier alpha value is 0.0200. The predicted octanol–water partition coefficient (Wildman–Crippen LogP) is 0.937. The molecule has 0 aromatic carbocycles. The van der Waals surface area contributed by atoms with Crippen molar-refractivity contribution in [2.75, 3.05) is 6.26 Å². The van der Waals surface area contributed by atoms with Crippen LogP contribution in [-0.4, -0.2) is 17.8 Å². The molecular formula is C4H8OS. The number of carbonyl (C=O) groups excluding carboxylic acids is 1. The van der Waals surface area contributed by atoms with Crippen LogP contribution in [0.5, 0.6) is 0 Å². The van der Waals surface area contributed by atoms with Crippen LogP contribution in [-0.2, 0) is 4.79 Å². The van der Waals surface area contributed by atoms with Crippen molar-refractivity contribution in [3.8, 4) is 0 Å². The molecule has 0 fully saturated rings. The zero-order valence-corrected chi connectivity index (χ0v) is 4.79. The Labute approximate surface area is 42.1 Å². The first-order chi connectivity index (χ1) is 2.81. The summed E-state index contributed by atoms with van der Waals surface area (Å²) >= 11 is 1.56. The normalized spacial score (nSPS) is 13.7. The molecule has 1 atom stereocenters. The maximum absolute atomic E-state index is 9.72. The number of rotatable bonds is 2. The molecule has 0 aliphatic carbocycles. The molecule has 0 aromatic heterocycles. The highest BCUT2D eigenvalue weighted by Crippen LogP contribution is 1.98. The van der Waals surface area contributed by atoms with Gasteiger partial charge in [-0.1, -0.05) is 0 Å². The Balaban J connectivity index is 2.96. The van der Waals surface area contributed by atoms with Gasteiger partial charge in [0.05, 0.1) is 5.25 Å². The van der Waals surface area contributed by atoms with Gasteiger partial charge in [-0.25, -0.2) is 0 Å². The molecule has 0 saturated carbocycles. The van der Waals surface area contributed by atoms with Crippen LogP contribution in [0, 0.1) is 0 Å². The van der Waals surface area contributed by atoms with Crippen molar-refractivity contribution >= 4 is 18.0 Å². The molecule has 0 spiro atoms. The summed E-state index contributed by atoms with van der Waals surface area (Å²) in [4.78, 5) is 9.72. The van der Waals surface area contributed by atoms with Gasteiger partial charge in [0.15, 0.2) is 0 Å². The summed E-state index contributed by atoms with van der Waals surface area (Å²) in [6.07, 6.45) is 2.85. The van der Waals surface area contributed by atoms with Crippen LogP contribution in [0.2, 0.25) is 0 Å². The van der Waals surface area contributed by atoms with Gasteiger partial charge in [0, 0.05) is 0 Å². The van der Waals surface area contributed by atoms with Gasteiger partial charge >= 0.3 is 0 Å². The summed E-state index contributed by atoms with van der Waals surface area (Å²) in [6.45, 7) is 1.87. The van der Waals surface area contributed by atoms with Crippen LogP contribution >= 0.6 is 11.8 Å². The molecule has 0 radical (unpaired) electrons. The minimum absolute atomic E-state index is 0.171. The Morgan fingerprint density at radius 2 is 2.33 bits per heavy atom. The highest BCUT2D eigenvalue weighted by atomic mass is 32.2. The van der Waals surface area contributed by atoms with Crippen LogP contribution in [0.1, 0.15) is 6.92 Å². The third-order valence-electron chi connectivity index (χ3n) is 0.563. The van der Waals surface area contributed by atoms with Gasteiger partial charge < -0.3 is 4.79 Å². The fourth-order valence-corrected chi connectivity index (χ4v) is 0.167. The van der Waals surface area contributed by atoms with Gasteiger partial charge in [-0.2, -0.15) is 11.8 Å². The van der Waals surface area contributed by atoms with Crippen molar-refractivity contribution in [1.29, 1.82) is 0 Å². The molecule has 0 aromatic rings. The molecule has 1 nitrogen and oxygen atoms in total. The van der Waals surface area contributed by atoms with Crippen molar-refractivity contribution in [2.45, 2.75) is 12.2 Å². The van der Waals surface area contributed by atoms with E-state index in [1.807, 2.05) is 13.2 Å². The first kappa shape index (κ1) is 6.02. The Kier molecular flexibility index (Phi) is 3.23. The maximum atomic E-state index is 9.72. The van der Waals surface area contributed by atoms with Crippen LogP contribution in [0.3, 0.4) is 0 Å². The van der Waals surface area contributed by atoms with Gasteiger partial charge in [-0.3, -0.25) is 0 Å². The fourth-order valence-electron chi connectivity index (χ4n) is 0.0556. The molecule has 0 aliphatic heterocycles. The number of carbonyl (C=O) groups is 1. The lowest BCUT2D eigenvalue weighted by molar-refractivity contribution is -0.107. The van der Waals surface area contributed by atoms with E-state index in [0.29, 0.717) is 0 Å². The van der Waals surface area contributed by atoms with E-state index in [4.69, 9.17) is 0 Å². The molecule has 0 rings (SSSR count). The Morgan fingerprint density at radius 3 is 2.33 bits per heavy atom. The van der Waals surface area contributed by atoms with Crippen LogP contribution in [0.25, 0.3) is 0 Å². The van der Waals surface area contributed by atoms with Gasteiger partial charge in [-0.05, 0) is 13.2 Å². The van der Waals surface area contributed by atoms with E-state index in [9.17, 15) is 4.79 Å². The topological polar surface area (TPSA) is 17.1 Å². The third kappa shape index (κ3) is 2.27. The summed E-state index contributed by atoms with van der Waals surface area (Å²) < 4.78 is 0. The second kappa shape index (κ2) is 3.22. The number of hydrogen-bond acceptors (Lipinski definition) is 2. The monoisotopic (exact) mass is 104 g/mol. The highest BCUT2D eigenvalue weighted by molar-refractivity contribution is 7.99. The molecule has 36 valence electrons. The minimum atomic E-state index is 0.171. The second-order valence-electron chi connectivity index (χ2n) is 1.08. The molecule has 0 aliphatic rings. The van der Waals surface area contributed by atoms with E-state index >= 15 is 0 Å². The molecule has 2 heteroatoms. The summed E-state index contributed by atoms with van der Waals surface area (Å²) in [5.74, 6) is 0. The molecule has 0 unspecified atom stereocenters. The van der Waals surface area contributed by atoms with Crippen LogP contribution in [0.4, 0.5) is 0 Å². The first-order valence-corrected chi connectivity index (χ1v) is 3.08. The van der Waals surface area contributed by atoms with E-state index in [0.717, 1.165) is 6.29 Å². The lowest BCUT2D eigenvalue weighted by atomic mass is 10.5. The smallest absolute Gasteiger partial charge is 0.132 e. The SMILES string of the molecule is CS[C@H](C)C=O. The average molecular weight is 104 g/mol. The van der Waals surface area contributed by atoms with Gasteiger partial charge in [-0.15, -0.1) is 0 Å². The number of thioether (sulfide) groups is 1. The molecule has 0 saturated heterocycles. The van der Waals surface area contributed by atoms with Crippen LogP contribution in [0.15, 0.2) is 0 Å². The molecule has 0 heterocycles. The summed E-state index contributed by atoms with van der Waals surface area (Å²) in [5.41, 5.74) is 0. The Bertz CT molecular complexity index is 44.8. The van der Waals surface area contributed by atoms with Crippen molar-refractivity contribution < 1.29 is 4.79 Å². The average Bonchev–Trinajstić information content (AvgIpc) is 1.65. The first-order valence-electron chi connectivity index (χ1n) is 1.79. The van der Waals surface area contributed by atoms with E-state index in [1.165, 1.54) is 0 Å². The Morgan fingerprint density at radius 1 is 1.83 bits per heavy atom. The summed E-state index contributed by atoms with van der Waals surface area (Å²) in [6, 6.07) is 0. The van der Waals surface area contributed by atoms with E-state index in [-0.39, 0.29) is 5.25 Å². The standard InChI is InChI=1S/C4H8OS/c1-4(3-5)6-2/h3-4H,1-2H3/t4-/m1/s1. The van der Waals surface area contributed by atoms with Gasteiger partial charge in [0.1, 0.15) is 6.29 Å². The van der Waals surface area contributed by atoms with E-state index < -0.39 is 0 Å². The molecule has 6 heavy (non-hydrogen) atoms. The molecule has 0 N–H and O–H groups in total. The lowest BCUT2D eigenvalue weighted by Crippen LogP contribution is -1.92. The predicted molar refractivity (Wildman–Crippen MR) is 29.0 cm³/mol. The van der Waals surface area contributed by atoms with E-state index in [1.54, 1.807) is 11.8 Å². The molecule has 0 bridgehead atoms. The van der Waals surface area contributed by atoms with Crippen molar-refractivity contribution in [3.05, 3.63) is 0 Å². The quantitative estimate of drug-likeness (QED) is 0.485. The zero-order chi connectivity index (χ0) is 4.99. The largest absolute Gasteiger partial charge is 0.302 e. The zero-order valence-electron chi connectivity index (χ0n) is 3.97. The third-order valence-corrected chi connectivity index (χ3v) is 1.42. The van der Waals surface area contributed by atoms with Crippen molar-refractivity contribution in [1.82, 2.24) is 0 Å². The summed E-state index contributed by atoms with van der Waals surface area (Å²) in [7, 11) is 0. The van der Waals surface area contributed by atoms with Crippen LogP contribution < -0.4 is 0 Å². The highest BCUT2D eigenvalue weighted by Gasteiger charge is 1.89. The maximum Gasteiger partial charge on any atom is 0.132 e. The van der Waals surface area contributed by atoms with Crippen molar-refractivity contribution in [3.63, 3.8) is 0 Å². The van der Waals surface area contributed by atoms with Gasteiger partial charge in [0.2, 0.25) is 0 Å². The molecule has 0 amide bonds. The van der Waals surface area contributed by atoms with Gasteiger partial charge in [0.25, 0.3) is 0 Å². The number of aldehydes is 1. The fraction of sp³-hybridized carbons (Fsp3) is 0.750. The summed E-state index contributed by atoms with van der Waals surface area (Å²) in [5, 5.41) is 0.171. The van der Waals surface area contributed by atoms with E-state index in [2.05, 4.69) is 0 Å². The molecular weight excluding hydrogens is 96.1 g/mol. The van der Waals surface area contributed by atoms with Crippen molar-refractivity contribution in [2.24, 2.45) is 0 Å². The lowest BCUT2D eigenvalue weighted by Gasteiger charge is -1.89. The number of hydrogen-bond donors (Lipinski definition) is 0.